The number of fused-ring (bicyclic) bond motifs is 1. The molecule has 0 fully saturated rings. The number of nitrogens with zero attached hydrogens (tertiary/aromatic N) is 1. The molecule has 0 unspecified atom stereocenters. The van der Waals surface area contributed by atoms with E-state index in [1.165, 1.54) is 18.2 Å². The first-order valence-electron chi connectivity index (χ1n) is 4.61. The molecule has 6 heteroatoms. The largest absolute Gasteiger partial charge is 0.507 e. The van der Waals surface area contributed by atoms with E-state index in [1.807, 2.05) is 0 Å². The van der Waals surface area contributed by atoms with Crippen molar-refractivity contribution in [3.05, 3.63) is 36.4 Å². The Morgan fingerprint density at radius 2 is 1.71 bits per heavy atom. The van der Waals surface area contributed by atoms with E-state index in [2.05, 4.69) is 4.40 Å². The molecular weight excluding hydrogens is 242 g/mol. The minimum atomic E-state index is -4.06. The van der Waals surface area contributed by atoms with Crippen molar-refractivity contribution in [2.45, 2.75) is 4.90 Å². The van der Waals surface area contributed by atoms with Crippen LogP contribution < -0.4 is 0 Å². The number of rotatable bonds is 2. The van der Waals surface area contributed by atoms with Gasteiger partial charge in [-0.05, 0) is 12.1 Å². The van der Waals surface area contributed by atoms with Crippen LogP contribution in [0.3, 0.4) is 0 Å². The summed E-state index contributed by atoms with van der Waals surface area (Å²) < 4.78 is 26.1. The quantitative estimate of drug-likeness (QED) is 0.646. The van der Waals surface area contributed by atoms with Gasteiger partial charge in [0.25, 0.3) is 16.1 Å². The number of aromatic hydroxyl groups is 1. The van der Waals surface area contributed by atoms with Crippen LogP contribution in [0.25, 0.3) is 10.8 Å². The SMILES string of the molecule is O=C=NS(=O)(=O)c1ccc(O)c2ccccc12. The van der Waals surface area contributed by atoms with Crippen molar-refractivity contribution >= 4 is 26.9 Å². The van der Waals surface area contributed by atoms with Crippen LogP contribution in [-0.4, -0.2) is 19.6 Å². The number of sulfonamides is 1. The van der Waals surface area contributed by atoms with Crippen LogP contribution in [0.15, 0.2) is 45.7 Å². The fourth-order valence-corrected chi connectivity index (χ4v) is 2.47. The van der Waals surface area contributed by atoms with Crippen molar-refractivity contribution in [2.75, 3.05) is 0 Å². The van der Waals surface area contributed by atoms with Gasteiger partial charge in [-0.1, -0.05) is 28.7 Å². The lowest BCUT2D eigenvalue weighted by atomic mass is 10.1. The van der Waals surface area contributed by atoms with Crippen LogP contribution in [0.4, 0.5) is 0 Å². The molecule has 5 nitrogen and oxygen atoms in total. The zero-order valence-electron chi connectivity index (χ0n) is 8.49. The smallest absolute Gasteiger partial charge is 0.293 e. The molecule has 0 bridgehead atoms. The van der Waals surface area contributed by atoms with Gasteiger partial charge in [0.1, 0.15) is 5.75 Å². The summed E-state index contributed by atoms with van der Waals surface area (Å²) in [6, 6.07) is 8.85. The Hall–Kier alpha value is -2.17. The Balaban J connectivity index is 2.90. The molecule has 0 amide bonds. The van der Waals surface area contributed by atoms with Crippen molar-refractivity contribution < 1.29 is 18.3 Å². The molecule has 2 aromatic carbocycles. The average Bonchev–Trinajstić information content (AvgIpc) is 2.29. The number of isocyanates is 1. The van der Waals surface area contributed by atoms with E-state index in [1.54, 1.807) is 18.2 Å². The maximum absolute atomic E-state index is 11.6. The minimum Gasteiger partial charge on any atom is -0.507 e. The monoisotopic (exact) mass is 249 g/mol. The number of hydrogen-bond acceptors (Lipinski definition) is 4. The van der Waals surface area contributed by atoms with Gasteiger partial charge in [0.15, 0.2) is 0 Å². The number of carbonyl (C=O) groups excluding carboxylic acids is 1. The van der Waals surface area contributed by atoms with Gasteiger partial charge in [-0.3, -0.25) is 0 Å². The highest BCUT2D eigenvalue weighted by molar-refractivity contribution is 7.90. The van der Waals surface area contributed by atoms with Crippen LogP contribution in [-0.2, 0) is 14.8 Å². The Morgan fingerprint density at radius 1 is 1.06 bits per heavy atom. The molecule has 0 aliphatic heterocycles. The normalized spacial score (nSPS) is 11.1. The third-order valence-electron chi connectivity index (χ3n) is 2.30. The van der Waals surface area contributed by atoms with Gasteiger partial charge in [0, 0.05) is 10.8 Å². The molecule has 0 atom stereocenters. The highest BCUT2D eigenvalue weighted by atomic mass is 32.2. The molecule has 0 saturated carbocycles. The van der Waals surface area contributed by atoms with Crippen molar-refractivity contribution in [1.29, 1.82) is 0 Å². The summed E-state index contributed by atoms with van der Waals surface area (Å²) in [6.07, 6.45) is 1.01. The molecule has 86 valence electrons. The molecule has 0 spiro atoms. The van der Waals surface area contributed by atoms with E-state index in [-0.39, 0.29) is 10.6 Å². The number of phenolic OH excluding ortho intramolecular Hbond substituents is 1. The lowest BCUT2D eigenvalue weighted by molar-refractivity contribution is 0.481. The van der Waals surface area contributed by atoms with Gasteiger partial charge in [-0.2, -0.15) is 8.42 Å². The summed E-state index contributed by atoms with van der Waals surface area (Å²) in [7, 11) is -4.06. The summed E-state index contributed by atoms with van der Waals surface area (Å²) >= 11 is 0. The van der Waals surface area contributed by atoms with Gasteiger partial charge in [0.2, 0.25) is 0 Å². The maximum Gasteiger partial charge on any atom is 0.293 e. The second-order valence-corrected chi connectivity index (χ2v) is 4.86. The summed E-state index contributed by atoms with van der Waals surface area (Å²) in [4.78, 5) is 9.95. The summed E-state index contributed by atoms with van der Waals surface area (Å²) in [5, 5.41) is 10.3. The molecule has 0 aliphatic carbocycles. The number of phenols is 1. The molecule has 0 radical (unpaired) electrons. The van der Waals surface area contributed by atoms with Gasteiger partial charge < -0.3 is 5.11 Å². The molecule has 2 rings (SSSR count). The van der Waals surface area contributed by atoms with E-state index >= 15 is 0 Å². The van der Waals surface area contributed by atoms with Crippen LogP contribution in [0.1, 0.15) is 0 Å². The van der Waals surface area contributed by atoms with Crippen LogP contribution in [0, 0.1) is 0 Å². The zero-order valence-corrected chi connectivity index (χ0v) is 9.31. The Labute approximate surface area is 97.1 Å². The topological polar surface area (TPSA) is 83.8 Å². The Kier molecular flexibility index (Phi) is 2.67. The summed E-state index contributed by atoms with van der Waals surface area (Å²) in [5.41, 5.74) is 0. The third kappa shape index (κ3) is 1.91. The second-order valence-electron chi connectivity index (χ2n) is 3.29. The lowest BCUT2D eigenvalue weighted by Crippen LogP contribution is -1.97. The Bertz CT molecular complexity index is 730. The molecule has 0 aromatic heterocycles. The summed E-state index contributed by atoms with van der Waals surface area (Å²) in [5.74, 6) is -0.0327. The van der Waals surface area contributed by atoms with E-state index in [9.17, 15) is 18.3 Å². The van der Waals surface area contributed by atoms with Crippen LogP contribution >= 0.6 is 0 Å². The summed E-state index contributed by atoms with van der Waals surface area (Å²) in [6.45, 7) is 0. The van der Waals surface area contributed by atoms with Crippen molar-refractivity contribution in [1.82, 2.24) is 0 Å². The zero-order chi connectivity index (χ0) is 12.5. The molecule has 1 N–H and O–H groups in total. The van der Waals surface area contributed by atoms with Crippen molar-refractivity contribution in [3.63, 3.8) is 0 Å². The highest BCUT2D eigenvalue weighted by Crippen LogP contribution is 2.30. The van der Waals surface area contributed by atoms with Crippen molar-refractivity contribution in [3.8, 4) is 5.75 Å². The van der Waals surface area contributed by atoms with Crippen LogP contribution in [0.2, 0.25) is 0 Å². The first-order chi connectivity index (χ1) is 8.06. The predicted octanol–water partition coefficient (Wildman–Crippen LogP) is 1.57. The van der Waals surface area contributed by atoms with E-state index in [0.29, 0.717) is 10.8 Å². The molecule has 0 saturated heterocycles. The molecule has 0 heterocycles. The van der Waals surface area contributed by atoms with E-state index in [0.717, 1.165) is 6.08 Å². The number of benzene rings is 2. The third-order valence-corrected chi connectivity index (χ3v) is 3.52. The minimum absolute atomic E-state index is 0.0327. The van der Waals surface area contributed by atoms with Gasteiger partial charge in [-0.15, -0.1) is 0 Å². The average molecular weight is 249 g/mol. The number of hydrogen-bond donors (Lipinski definition) is 1. The van der Waals surface area contributed by atoms with Crippen molar-refractivity contribution in [2.24, 2.45) is 4.40 Å². The molecule has 17 heavy (non-hydrogen) atoms. The maximum atomic E-state index is 11.6. The molecule has 2 aromatic rings. The van der Waals surface area contributed by atoms with Crippen LogP contribution in [0.5, 0.6) is 5.75 Å². The predicted molar refractivity (Wildman–Crippen MR) is 60.9 cm³/mol. The fraction of sp³-hybridized carbons (Fsp3) is 0. The first kappa shape index (κ1) is 11.3. The standard InChI is InChI=1S/C11H7NO4S/c13-7-12-17(15,16)11-6-5-10(14)8-3-1-2-4-9(8)11/h1-6,14H. The van der Waals surface area contributed by atoms with E-state index < -0.39 is 10.0 Å². The fourth-order valence-electron chi connectivity index (χ4n) is 1.58. The highest BCUT2D eigenvalue weighted by Gasteiger charge is 2.17. The lowest BCUT2D eigenvalue weighted by Gasteiger charge is -2.05. The molecular formula is C11H7NO4S. The van der Waals surface area contributed by atoms with Gasteiger partial charge in [0.05, 0.1) is 4.90 Å². The van der Waals surface area contributed by atoms with Gasteiger partial charge >= 0.3 is 0 Å². The molecule has 0 aliphatic rings. The first-order valence-corrected chi connectivity index (χ1v) is 6.05. The Morgan fingerprint density at radius 3 is 2.35 bits per heavy atom. The van der Waals surface area contributed by atoms with E-state index in [4.69, 9.17) is 0 Å². The van der Waals surface area contributed by atoms with Gasteiger partial charge in [-0.25, -0.2) is 4.79 Å². The second kappa shape index (κ2) is 4.01.